The molecule has 1 unspecified atom stereocenters. The maximum Gasteiger partial charge on any atom is 0.311 e. The van der Waals surface area contributed by atoms with Crippen LogP contribution >= 0.6 is 0 Å². The predicted octanol–water partition coefficient (Wildman–Crippen LogP) is 1.87. The molecule has 1 aliphatic heterocycles. The van der Waals surface area contributed by atoms with Gasteiger partial charge in [-0.05, 0) is 18.9 Å². The fourth-order valence-corrected chi connectivity index (χ4v) is 2.82. The van der Waals surface area contributed by atoms with Crippen LogP contribution in [-0.2, 0) is 11.3 Å². The summed E-state index contributed by atoms with van der Waals surface area (Å²) >= 11 is 0. The second kappa shape index (κ2) is 5.87. The zero-order chi connectivity index (χ0) is 16.4. The third-order valence-electron chi connectivity index (χ3n) is 4.34. The number of hydrogen-bond donors (Lipinski definition) is 1. The van der Waals surface area contributed by atoms with Crippen molar-refractivity contribution in [1.29, 1.82) is 0 Å². The van der Waals surface area contributed by atoms with Crippen molar-refractivity contribution < 1.29 is 14.7 Å². The summed E-state index contributed by atoms with van der Waals surface area (Å²) in [4.78, 5) is 25.4. The number of aromatic nitrogens is 2. The van der Waals surface area contributed by atoms with Crippen molar-refractivity contribution in [2.24, 2.45) is 5.41 Å². The Balaban J connectivity index is 1.69. The second-order valence-electron chi connectivity index (χ2n) is 6.25. The van der Waals surface area contributed by atoms with Crippen LogP contribution in [0.25, 0.3) is 0 Å². The first-order valence-electron chi connectivity index (χ1n) is 7.57. The standard InChI is InChI=1S/C17H19N3O3/c1-17(16(22)23)7-8-19(12-17)15(21)14-9-18-20(11-14)10-13-5-3-2-4-6-13/h2-6,9,11H,7-8,10,12H2,1H3,(H,22,23). The van der Waals surface area contributed by atoms with Crippen LogP contribution in [0.3, 0.4) is 0 Å². The first-order valence-corrected chi connectivity index (χ1v) is 7.57. The van der Waals surface area contributed by atoms with E-state index in [0.29, 0.717) is 25.1 Å². The lowest BCUT2D eigenvalue weighted by Gasteiger charge is -2.19. The van der Waals surface area contributed by atoms with Crippen LogP contribution in [0.5, 0.6) is 0 Å². The van der Waals surface area contributed by atoms with Gasteiger partial charge in [0, 0.05) is 19.3 Å². The Morgan fingerprint density at radius 3 is 2.70 bits per heavy atom. The summed E-state index contributed by atoms with van der Waals surface area (Å²) in [6.45, 7) is 2.99. The van der Waals surface area contributed by atoms with Gasteiger partial charge in [-0.1, -0.05) is 30.3 Å². The van der Waals surface area contributed by atoms with Crippen molar-refractivity contribution in [3.63, 3.8) is 0 Å². The van der Waals surface area contributed by atoms with Crippen molar-refractivity contribution in [2.75, 3.05) is 13.1 Å². The smallest absolute Gasteiger partial charge is 0.311 e. The number of likely N-dealkylation sites (tertiary alicyclic amines) is 1. The molecule has 1 atom stereocenters. The molecular formula is C17H19N3O3. The number of carbonyl (C=O) groups excluding carboxylic acids is 1. The highest BCUT2D eigenvalue weighted by molar-refractivity contribution is 5.94. The van der Waals surface area contributed by atoms with Crippen molar-refractivity contribution in [1.82, 2.24) is 14.7 Å². The summed E-state index contributed by atoms with van der Waals surface area (Å²) in [5.74, 6) is -1.01. The van der Waals surface area contributed by atoms with Crippen molar-refractivity contribution in [2.45, 2.75) is 19.9 Å². The highest BCUT2D eigenvalue weighted by atomic mass is 16.4. The number of nitrogens with zero attached hydrogens (tertiary/aromatic N) is 3. The number of carbonyl (C=O) groups is 2. The Hall–Kier alpha value is -2.63. The molecule has 1 aromatic heterocycles. The molecule has 6 heteroatoms. The number of amides is 1. The van der Waals surface area contributed by atoms with E-state index in [-0.39, 0.29) is 12.5 Å². The second-order valence-corrected chi connectivity index (χ2v) is 6.25. The van der Waals surface area contributed by atoms with Gasteiger partial charge in [0.15, 0.2) is 0 Å². The molecule has 1 amide bonds. The Bertz CT molecular complexity index is 726. The van der Waals surface area contributed by atoms with E-state index < -0.39 is 11.4 Å². The quantitative estimate of drug-likeness (QED) is 0.935. The largest absolute Gasteiger partial charge is 0.481 e. The molecule has 1 aromatic carbocycles. The van der Waals surface area contributed by atoms with Crippen LogP contribution < -0.4 is 0 Å². The van der Waals surface area contributed by atoms with Gasteiger partial charge in [-0.25, -0.2) is 0 Å². The Morgan fingerprint density at radius 1 is 1.30 bits per heavy atom. The molecule has 120 valence electrons. The Morgan fingerprint density at radius 2 is 2.04 bits per heavy atom. The van der Waals surface area contributed by atoms with E-state index in [1.807, 2.05) is 30.3 Å². The first kappa shape index (κ1) is 15.3. The summed E-state index contributed by atoms with van der Waals surface area (Å²) in [7, 11) is 0. The lowest BCUT2D eigenvalue weighted by Crippen LogP contribution is -2.34. The monoisotopic (exact) mass is 313 g/mol. The Kier molecular flexibility index (Phi) is 3.90. The van der Waals surface area contributed by atoms with Gasteiger partial charge < -0.3 is 10.0 Å². The highest BCUT2D eigenvalue weighted by Crippen LogP contribution is 2.30. The third kappa shape index (κ3) is 3.11. The van der Waals surface area contributed by atoms with Gasteiger partial charge in [0.25, 0.3) is 5.91 Å². The molecule has 0 bridgehead atoms. The minimum atomic E-state index is -0.854. The summed E-state index contributed by atoms with van der Waals surface area (Å²) in [5, 5.41) is 13.5. The molecule has 0 spiro atoms. The highest BCUT2D eigenvalue weighted by Gasteiger charge is 2.42. The van der Waals surface area contributed by atoms with Crippen LogP contribution in [-0.4, -0.2) is 44.8 Å². The van der Waals surface area contributed by atoms with E-state index in [1.54, 1.807) is 28.9 Å². The lowest BCUT2D eigenvalue weighted by atomic mass is 9.90. The van der Waals surface area contributed by atoms with E-state index in [4.69, 9.17) is 0 Å². The number of carboxylic acid groups (broad SMARTS) is 1. The molecule has 2 aromatic rings. The molecule has 0 radical (unpaired) electrons. The number of rotatable bonds is 4. The predicted molar refractivity (Wildman–Crippen MR) is 84.0 cm³/mol. The fourth-order valence-electron chi connectivity index (χ4n) is 2.82. The number of benzene rings is 1. The zero-order valence-corrected chi connectivity index (χ0v) is 13.0. The molecule has 0 saturated carbocycles. The third-order valence-corrected chi connectivity index (χ3v) is 4.34. The van der Waals surface area contributed by atoms with Crippen LogP contribution in [0.4, 0.5) is 0 Å². The minimum Gasteiger partial charge on any atom is -0.481 e. The van der Waals surface area contributed by atoms with Gasteiger partial charge in [0.1, 0.15) is 0 Å². The molecule has 6 nitrogen and oxygen atoms in total. The molecule has 1 fully saturated rings. The van der Waals surface area contributed by atoms with Gasteiger partial charge in [-0.3, -0.25) is 14.3 Å². The summed E-state index contributed by atoms with van der Waals surface area (Å²) in [6, 6.07) is 9.88. The van der Waals surface area contributed by atoms with Gasteiger partial charge >= 0.3 is 5.97 Å². The number of carboxylic acids is 1. The first-order chi connectivity index (χ1) is 11.0. The lowest BCUT2D eigenvalue weighted by molar-refractivity contribution is -0.147. The van der Waals surface area contributed by atoms with Crippen LogP contribution in [0.2, 0.25) is 0 Å². The molecule has 3 rings (SSSR count). The Labute approximate surface area is 134 Å². The van der Waals surface area contributed by atoms with Crippen LogP contribution in [0.1, 0.15) is 29.3 Å². The van der Waals surface area contributed by atoms with Crippen molar-refractivity contribution >= 4 is 11.9 Å². The van der Waals surface area contributed by atoms with Crippen LogP contribution in [0, 0.1) is 5.41 Å². The molecular weight excluding hydrogens is 294 g/mol. The van der Waals surface area contributed by atoms with Crippen molar-refractivity contribution in [3.05, 3.63) is 53.9 Å². The fraction of sp³-hybridized carbons (Fsp3) is 0.353. The van der Waals surface area contributed by atoms with Gasteiger partial charge in [-0.15, -0.1) is 0 Å². The summed E-state index contributed by atoms with van der Waals surface area (Å²) < 4.78 is 1.72. The van der Waals surface area contributed by atoms with E-state index >= 15 is 0 Å². The van der Waals surface area contributed by atoms with Gasteiger partial charge in [0.2, 0.25) is 0 Å². The molecule has 1 saturated heterocycles. The zero-order valence-electron chi connectivity index (χ0n) is 13.0. The normalized spacial score (nSPS) is 20.7. The molecule has 1 N–H and O–H groups in total. The van der Waals surface area contributed by atoms with E-state index in [2.05, 4.69) is 5.10 Å². The molecule has 0 aliphatic carbocycles. The van der Waals surface area contributed by atoms with Gasteiger partial charge in [0.05, 0.1) is 23.7 Å². The average Bonchev–Trinajstić information content (AvgIpc) is 3.15. The number of hydrogen-bond acceptors (Lipinski definition) is 3. The molecule has 23 heavy (non-hydrogen) atoms. The van der Waals surface area contributed by atoms with Crippen LogP contribution in [0.15, 0.2) is 42.7 Å². The molecule has 2 heterocycles. The van der Waals surface area contributed by atoms with Crippen molar-refractivity contribution in [3.8, 4) is 0 Å². The summed E-state index contributed by atoms with van der Waals surface area (Å²) in [6.07, 6.45) is 3.74. The maximum atomic E-state index is 12.5. The number of aliphatic carboxylic acids is 1. The summed E-state index contributed by atoms with van der Waals surface area (Å²) in [5.41, 5.74) is 0.750. The minimum absolute atomic E-state index is 0.158. The van der Waals surface area contributed by atoms with E-state index in [1.165, 1.54) is 0 Å². The van der Waals surface area contributed by atoms with Gasteiger partial charge in [-0.2, -0.15) is 5.10 Å². The molecule has 1 aliphatic rings. The topological polar surface area (TPSA) is 75.4 Å². The average molecular weight is 313 g/mol. The maximum absolute atomic E-state index is 12.5. The van der Waals surface area contributed by atoms with E-state index in [9.17, 15) is 14.7 Å². The SMILES string of the molecule is CC1(C(=O)O)CCN(C(=O)c2cnn(Cc3ccccc3)c2)C1. The van der Waals surface area contributed by atoms with E-state index in [0.717, 1.165) is 5.56 Å².